The predicted molar refractivity (Wildman–Crippen MR) is 627 cm³/mol. The molecule has 9 aliphatic carbocycles. The fourth-order valence-corrected chi connectivity index (χ4v) is 24.5. The van der Waals surface area contributed by atoms with E-state index in [-0.39, 0.29) is 16.2 Å². The summed E-state index contributed by atoms with van der Waals surface area (Å²) in [6, 6.07) is 124. The largest absolute Gasteiger partial charge is 0.309 e. The maximum Gasteiger partial charge on any atom is 0.0701 e. The first-order valence-electron chi connectivity index (χ1n) is 52.6. The lowest BCUT2D eigenvalue weighted by Crippen LogP contribution is -2.25. The smallest absolute Gasteiger partial charge is 0.0701 e. The molecule has 5 aromatic heterocycles. The summed E-state index contributed by atoms with van der Waals surface area (Å²) in [5.74, 6) is 1.95. The number of allylic oxidation sites excluding steroid dienone is 18. The standard InChI is InChI=1S/C49H38N2.C48H38N2.C47H37N/c1-49(2,3)37-26-34-19-22-40-42(32-17-15-31(16-18-32)36-10-9-25-50-30-36)29-43(41-23-20-35(27-37)47(34)48(40)41)33-21-24-46-44(28-33)39-13-7-8-14-45(39)51(46)38-11-5-4-6-12-38;1-48(2,3)40-28-38-19-21-41-43(35-13-11-32(12-14-35)31-7-9-33(10-8-31)34-23-26-49-27-24-34)30-44(42-22-20-39(29-40)46(38)47(41)42)36-15-17-37(18-16-36)45-6-4-5-25-50-45;1-47(2,3)37-27-35-22-24-40-42(32-16-14-31(15-17-32)39-12-8-10-30-9-4-5-11-38(30)39)29-43(41-25-23-36(28-37)45(35)46(40)41)33-18-20-34(21-19-33)44-13-6-7-26-48-44/h4-30,35,47H,1-3H3;4-30,38,46H,1-3H3;4-29,35,45H,1-3H3. The van der Waals surface area contributed by atoms with Gasteiger partial charge in [0.15, 0.2) is 0 Å². The second-order valence-corrected chi connectivity index (χ2v) is 44.2. The molecule has 0 N–H and O–H groups in total. The molecule has 6 unspecified atom stereocenters. The average molecular weight is 1910 g/mol. The van der Waals surface area contributed by atoms with Crippen LogP contribution < -0.4 is 0 Å². The van der Waals surface area contributed by atoms with Crippen molar-refractivity contribution in [1.29, 1.82) is 0 Å². The molecular weight excluding hydrogens is 1800 g/mol. The second kappa shape index (κ2) is 37.0. The Morgan fingerprint density at radius 1 is 0.228 bits per heavy atom. The Morgan fingerprint density at radius 2 is 0.577 bits per heavy atom. The second-order valence-electron chi connectivity index (χ2n) is 44.2. The van der Waals surface area contributed by atoms with Crippen molar-refractivity contribution in [1.82, 2.24) is 24.5 Å². The third kappa shape index (κ3) is 16.7. The quantitative estimate of drug-likeness (QED) is 0.115. The van der Waals surface area contributed by atoms with E-state index >= 15 is 0 Å². The molecule has 14 aromatic carbocycles. The van der Waals surface area contributed by atoms with Gasteiger partial charge in [0.05, 0.1) is 22.4 Å². The van der Waals surface area contributed by atoms with Gasteiger partial charge in [-0.1, -0.05) is 420 Å². The van der Waals surface area contributed by atoms with Crippen LogP contribution in [0.5, 0.6) is 0 Å². The van der Waals surface area contributed by atoms with Crippen molar-refractivity contribution in [2.24, 2.45) is 34.0 Å². The van der Waals surface area contributed by atoms with Gasteiger partial charge < -0.3 is 4.57 Å². The molecular formula is C144H113N5. The third-order valence-electron chi connectivity index (χ3n) is 32.2. The van der Waals surface area contributed by atoms with Crippen molar-refractivity contribution in [2.45, 2.75) is 80.1 Å². The molecule has 714 valence electrons. The summed E-state index contributed by atoms with van der Waals surface area (Å²) in [6.45, 7) is 20.9. The van der Waals surface area contributed by atoms with Gasteiger partial charge in [-0.05, 0) is 313 Å². The van der Waals surface area contributed by atoms with Crippen molar-refractivity contribution < 1.29 is 0 Å². The lowest BCUT2D eigenvalue weighted by atomic mass is 9.64. The van der Waals surface area contributed by atoms with E-state index in [9.17, 15) is 0 Å². The zero-order valence-electron chi connectivity index (χ0n) is 85.4. The van der Waals surface area contributed by atoms with E-state index in [0.717, 1.165) is 28.1 Å². The minimum atomic E-state index is 0.0948. The molecule has 0 fully saturated rings. The lowest BCUT2D eigenvalue weighted by molar-refractivity contribution is 0.499. The molecule has 0 amide bonds. The van der Waals surface area contributed by atoms with E-state index in [2.05, 4.69) is 506 Å². The number of para-hydroxylation sites is 2. The van der Waals surface area contributed by atoms with E-state index < -0.39 is 0 Å². The van der Waals surface area contributed by atoms with E-state index in [4.69, 9.17) is 0 Å². The van der Waals surface area contributed by atoms with Crippen LogP contribution in [0, 0.1) is 34.0 Å². The fraction of sp³-hybridized carbons (Fsp3) is 0.125. The molecule has 19 aromatic rings. The Morgan fingerprint density at radius 3 is 0.993 bits per heavy atom. The van der Waals surface area contributed by atoms with E-state index in [1.165, 1.54) is 227 Å². The first-order chi connectivity index (χ1) is 72.7. The zero-order valence-corrected chi connectivity index (χ0v) is 85.4. The highest BCUT2D eigenvalue weighted by molar-refractivity contribution is 6.11. The highest BCUT2D eigenvalue weighted by Gasteiger charge is 2.42. The minimum Gasteiger partial charge on any atom is -0.309 e. The molecule has 0 bridgehead atoms. The molecule has 0 radical (unpaired) electrons. The van der Waals surface area contributed by atoms with Crippen LogP contribution in [-0.2, 0) is 0 Å². The van der Waals surface area contributed by atoms with Crippen LogP contribution in [0.1, 0.15) is 130 Å². The Kier molecular flexibility index (Phi) is 22.7. The maximum atomic E-state index is 4.59. The normalized spacial score (nSPS) is 17.4. The minimum absolute atomic E-state index is 0.0948. The molecule has 0 aliphatic heterocycles. The van der Waals surface area contributed by atoms with Gasteiger partial charge in [-0.15, -0.1) is 0 Å². The summed E-state index contributed by atoms with van der Waals surface area (Å²) in [6.07, 6.45) is 54.9. The molecule has 0 saturated heterocycles. The first-order valence-corrected chi connectivity index (χ1v) is 52.6. The SMILES string of the molecule is CC(C)(C)C1=CC2C=Cc3c(-c4ccc(-c5ccc(-c6ccncc6)cc5)cc4)cc(-c4ccc(-c5ccccn5)cc4)c4c3C2C(=C1)C=C4.CC(C)(C)C1=CC2C=Cc3c(-c4ccc(-c5cccc6ccccc56)cc4)cc(-c4ccc(-c5ccccn5)cc4)c4c3C2C(=C1)C=C4.CC(C)(C)C1=CC2C=Cc3c(-c4ccc5c(c4)c4ccccc4n5-c4ccccc4)cc(-c4ccc(-c5cccnc5)cc4)c4c3C2C(=C1)C=C4. The maximum absolute atomic E-state index is 4.59. The fourth-order valence-electron chi connectivity index (χ4n) is 24.5. The number of benzene rings is 14. The average Bonchev–Trinajstić information content (AvgIpc) is 1.67. The van der Waals surface area contributed by atoms with Crippen LogP contribution in [0.4, 0.5) is 0 Å². The molecule has 0 saturated carbocycles. The van der Waals surface area contributed by atoms with E-state index in [1.54, 1.807) is 0 Å². The highest BCUT2D eigenvalue weighted by atomic mass is 15.0. The van der Waals surface area contributed by atoms with Crippen LogP contribution >= 0.6 is 0 Å². The lowest BCUT2D eigenvalue weighted by Gasteiger charge is -2.39. The molecule has 5 heteroatoms. The van der Waals surface area contributed by atoms with Gasteiger partial charge in [-0.2, -0.15) is 0 Å². The number of rotatable bonds is 13. The van der Waals surface area contributed by atoms with Gasteiger partial charge in [0.1, 0.15) is 0 Å². The Balaban J connectivity index is 0.000000113. The molecule has 149 heavy (non-hydrogen) atoms. The van der Waals surface area contributed by atoms with E-state index in [1.807, 2.05) is 67.5 Å². The molecule has 5 heterocycles. The zero-order chi connectivity index (χ0) is 100. The first kappa shape index (κ1) is 91.5. The highest BCUT2D eigenvalue weighted by Crippen LogP contribution is 2.59. The van der Waals surface area contributed by atoms with Crippen LogP contribution in [0.15, 0.2) is 483 Å². The van der Waals surface area contributed by atoms with Gasteiger partial charge in [0.2, 0.25) is 0 Å². The Hall–Kier alpha value is -17.4. The molecule has 6 atom stereocenters. The summed E-state index contributed by atoms with van der Waals surface area (Å²) in [4.78, 5) is 17.7. The van der Waals surface area contributed by atoms with Crippen molar-refractivity contribution in [3.8, 4) is 139 Å². The number of pyridine rings is 4. The van der Waals surface area contributed by atoms with Crippen molar-refractivity contribution in [2.75, 3.05) is 0 Å². The monoisotopic (exact) mass is 1910 g/mol. The number of hydrogen-bond acceptors (Lipinski definition) is 4. The van der Waals surface area contributed by atoms with Gasteiger partial charge in [0, 0.05) is 100 Å². The Labute approximate surface area is 874 Å². The van der Waals surface area contributed by atoms with Crippen LogP contribution in [0.3, 0.4) is 0 Å². The number of nitrogens with zero attached hydrogens (tertiary/aromatic N) is 5. The topological polar surface area (TPSA) is 56.5 Å². The number of fused-ring (bicyclic) bond motifs is 4. The van der Waals surface area contributed by atoms with Crippen LogP contribution in [0.25, 0.3) is 209 Å². The predicted octanol–water partition coefficient (Wildman–Crippen LogP) is 37.9. The summed E-state index contributed by atoms with van der Waals surface area (Å²) < 4.78 is 2.40. The van der Waals surface area contributed by atoms with Crippen molar-refractivity contribution in [3.05, 3.63) is 533 Å². The molecule has 5 nitrogen and oxygen atoms in total. The van der Waals surface area contributed by atoms with Crippen molar-refractivity contribution in [3.63, 3.8) is 0 Å². The van der Waals surface area contributed by atoms with Crippen molar-refractivity contribution >= 4 is 69.0 Å². The Bertz CT molecular complexity index is 9000. The third-order valence-corrected chi connectivity index (χ3v) is 32.2. The molecule has 28 rings (SSSR count). The van der Waals surface area contributed by atoms with Crippen LogP contribution in [0.2, 0.25) is 0 Å². The van der Waals surface area contributed by atoms with Gasteiger partial charge >= 0.3 is 0 Å². The van der Waals surface area contributed by atoms with Gasteiger partial charge in [-0.25, -0.2) is 0 Å². The summed E-state index contributed by atoms with van der Waals surface area (Å²) in [7, 11) is 0. The number of hydrogen-bond donors (Lipinski definition) is 0. The molecule has 0 spiro atoms. The molecule has 9 aliphatic rings. The van der Waals surface area contributed by atoms with Crippen LogP contribution in [-0.4, -0.2) is 24.5 Å². The number of aromatic nitrogens is 5. The summed E-state index contributed by atoms with van der Waals surface area (Å²) in [5, 5.41) is 5.09. The van der Waals surface area contributed by atoms with Gasteiger partial charge in [0.25, 0.3) is 0 Å². The van der Waals surface area contributed by atoms with E-state index in [0.29, 0.717) is 35.5 Å². The summed E-state index contributed by atoms with van der Waals surface area (Å²) >= 11 is 0. The van der Waals surface area contributed by atoms with Gasteiger partial charge in [-0.3, -0.25) is 19.9 Å². The summed E-state index contributed by atoms with van der Waals surface area (Å²) in [5.41, 5.74) is 53.8.